The monoisotopic (exact) mass is 1090 g/mol. The van der Waals surface area contributed by atoms with Crippen LogP contribution in [0.4, 0.5) is 0 Å². The first-order valence-corrected chi connectivity index (χ1v) is 36.1. The molecular weight excluding hydrogens is 945 g/mol. The molecule has 4 N–H and O–H groups in total. The van der Waals surface area contributed by atoms with Gasteiger partial charge < -0.3 is 25.2 Å². The minimum Gasteiger partial charge on any atom is -0.393 e. The Morgan fingerprint density at radius 2 is 0.325 bits per heavy atom. The van der Waals surface area contributed by atoms with Crippen molar-refractivity contribution in [1.82, 2.24) is 0 Å². The number of ether oxygens (including phenoxy) is 1. The summed E-state index contributed by atoms with van der Waals surface area (Å²) >= 11 is 0. The van der Waals surface area contributed by atoms with Crippen LogP contribution in [-0.4, -0.2) is 56.0 Å². The predicted octanol–water partition coefficient (Wildman–Crippen LogP) is 23.5. The number of rotatable bonds is 66. The van der Waals surface area contributed by atoms with Crippen molar-refractivity contribution in [2.75, 3.05) is 13.2 Å². The van der Waals surface area contributed by atoms with E-state index >= 15 is 0 Å². The van der Waals surface area contributed by atoms with Crippen molar-refractivity contribution in [3.05, 3.63) is 0 Å². The highest BCUT2D eigenvalue weighted by molar-refractivity contribution is 5.09. The van der Waals surface area contributed by atoms with E-state index in [2.05, 4.69) is 41.5 Å². The minimum atomic E-state index is -1.44. The molecule has 2 unspecified atom stereocenters. The van der Waals surface area contributed by atoms with Crippen molar-refractivity contribution in [1.29, 1.82) is 0 Å². The normalized spacial score (nSPS) is 13.9. The molecule has 0 saturated heterocycles. The van der Waals surface area contributed by atoms with Gasteiger partial charge in [-0.2, -0.15) is 0 Å². The Balaban J connectivity index is 7.49. The summed E-state index contributed by atoms with van der Waals surface area (Å²) in [6.45, 7) is 13.1. The molecule has 5 nitrogen and oxygen atoms in total. The number of aliphatic hydroxyl groups is 4. The largest absolute Gasteiger partial charge is 0.393 e. The summed E-state index contributed by atoms with van der Waals surface area (Å²) < 4.78 is 8.27. The maximum Gasteiger partial charge on any atom is 0.116 e. The Bertz CT molecular complexity index is 1010. The van der Waals surface area contributed by atoms with Crippen LogP contribution < -0.4 is 0 Å². The van der Waals surface area contributed by atoms with Crippen LogP contribution in [0.25, 0.3) is 0 Å². The molecule has 0 aromatic heterocycles. The molecule has 0 aliphatic carbocycles. The van der Waals surface area contributed by atoms with E-state index in [4.69, 9.17) is 4.74 Å². The molecule has 0 radical (unpaired) electrons. The SMILES string of the molecule is CCCCCCCCCCCC(O)(CO)C(CCCCCCCCCCC)(CCCCCCCCCCC)OC(CCCCCCCCCCC)(CCCCCCCCCCC)C(O)(CO)CCCCCCCCCCC. The molecule has 77 heavy (non-hydrogen) atoms. The third-order valence-electron chi connectivity index (χ3n) is 18.7. The topological polar surface area (TPSA) is 90.2 Å². The molecule has 0 bridgehead atoms. The van der Waals surface area contributed by atoms with E-state index in [9.17, 15) is 20.4 Å². The Hall–Kier alpha value is -0.200. The lowest BCUT2D eigenvalue weighted by Gasteiger charge is -2.56. The minimum absolute atomic E-state index is 0.319. The van der Waals surface area contributed by atoms with Crippen molar-refractivity contribution in [2.24, 2.45) is 0 Å². The first-order chi connectivity index (χ1) is 37.7. The summed E-state index contributed by atoms with van der Waals surface area (Å²) in [7, 11) is 0. The fourth-order valence-corrected chi connectivity index (χ4v) is 13.2. The summed E-state index contributed by atoms with van der Waals surface area (Å²) in [5, 5.41) is 51.2. The Morgan fingerprint density at radius 3 is 0.468 bits per heavy atom. The molecule has 0 fully saturated rings. The van der Waals surface area contributed by atoms with Gasteiger partial charge in [-0.05, 0) is 38.5 Å². The van der Waals surface area contributed by atoms with Gasteiger partial charge in [-0.15, -0.1) is 0 Å². The molecule has 0 spiro atoms. The number of hydrogen-bond donors (Lipinski definition) is 4. The molecule has 0 aromatic rings. The van der Waals surface area contributed by atoms with Gasteiger partial charge in [0, 0.05) is 0 Å². The van der Waals surface area contributed by atoms with Gasteiger partial charge in [-0.3, -0.25) is 0 Å². The van der Waals surface area contributed by atoms with Crippen molar-refractivity contribution in [3.63, 3.8) is 0 Å². The fourth-order valence-electron chi connectivity index (χ4n) is 13.2. The molecule has 0 heterocycles. The summed E-state index contributed by atoms with van der Waals surface area (Å²) in [6.07, 6.45) is 69.8. The highest BCUT2D eigenvalue weighted by Crippen LogP contribution is 2.50. The first kappa shape index (κ1) is 76.8. The summed E-state index contributed by atoms with van der Waals surface area (Å²) in [6, 6.07) is 0. The van der Waals surface area contributed by atoms with Gasteiger partial charge in [0.05, 0.1) is 24.4 Å². The molecule has 0 amide bonds. The lowest BCUT2D eigenvalue weighted by Crippen LogP contribution is -2.67. The van der Waals surface area contributed by atoms with Crippen molar-refractivity contribution in [3.8, 4) is 0 Å². The summed E-state index contributed by atoms with van der Waals surface area (Å²) in [4.78, 5) is 0. The Kier molecular flexibility index (Phi) is 56.1. The summed E-state index contributed by atoms with van der Waals surface area (Å²) in [5.74, 6) is 0. The highest BCUT2D eigenvalue weighted by Gasteiger charge is 2.59. The molecular formula is C72H146O5. The average molecular weight is 1090 g/mol. The van der Waals surface area contributed by atoms with E-state index < -0.39 is 22.4 Å². The molecule has 0 aliphatic rings. The van der Waals surface area contributed by atoms with Crippen LogP contribution >= 0.6 is 0 Å². The highest BCUT2D eigenvalue weighted by atomic mass is 16.6. The van der Waals surface area contributed by atoms with E-state index in [-0.39, 0.29) is 13.2 Å². The second-order valence-electron chi connectivity index (χ2n) is 25.9. The van der Waals surface area contributed by atoms with Crippen molar-refractivity contribution in [2.45, 2.75) is 449 Å². The number of hydrogen-bond acceptors (Lipinski definition) is 5. The van der Waals surface area contributed by atoms with Crippen LogP contribution in [-0.2, 0) is 4.74 Å². The molecule has 0 aromatic carbocycles. The van der Waals surface area contributed by atoms with Gasteiger partial charge >= 0.3 is 0 Å². The molecule has 0 rings (SSSR count). The Morgan fingerprint density at radius 1 is 0.195 bits per heavy atom. The lowest BCUT2D eigenvalue weighted by molar-refractivity contribution is -0.310. The second kappa shape index (κ2) is 56.3. The lowest BCUT2D eigenvalue weighted by atomic mass is 9.68. The van der Waals surface area contributed by atoms with Crippen molar-refractivity contribution < 1.29 is 25.2 Å². The Labute approximate surface area is 485 Å². The average Bonchev–Trinajstić information content (AvgIpc) is 3.44. The smallest absolute Gasteiger partial charge is 0.116 e. The van der Waals surface area contributed by atoms with Gasteiger partial charge in [0.25, 0.3) is 0 Å². The predicted molar refractivity (Wildman–Crippen MR) is 342 cm³/mol. The van der Waals surface area contributed by atoms with Crippen LogP contribution in [0.5, 0.6) is 0 Å². The fraction of sp³-hybridized carbons (Fsp3) is 1.00. The zero-order chi connectivity index (χ0) is 56.5. The molecule has 5 heteroatoms. The number of aliphatic hydroxyl groups excluding tert-OH is 2. The van der Waals surface area contributed by atoms with Gasteiger partial charge in [0.15, 0.2) is 0 Å². The van der Waals surface area contributed by atoms with E-state index in [1.807, 2.05) is 0 Å². The number of unbranched alkanes of at least 4 members (excludes halogenated alkanes) is 48. The maximum absolute atomic E-state index is 13.7. The van der Waals surface area contributed by atoms with Crippen LogP contribution in [0.15, 0.2) is 0 Å². The van der Waals surface area contributed by atoms with Crippen molar-refractivity contribution >= 4 is 0 Å². The third kappa shape index (κ3) is 39.8. The van der Waals surface area contributed by atoms with Crippen LogP contribution in [0.2, 0.25) is 0 Å². The van der Waals surface area contributed by atoms with E-state index in [0.717, 1.165) is 77.0 Å². The van der Waals surface area contributed by atoms with Gasteiger partial charge in [0.1, 0.15) is 11.2 Å². The van der Waals surface area contributed by atoms with E-state index in [1.165, 1.54) is 270 Å². The van der Waals surface area contributed by atoms with Gasteiger partial charge in [-0.1, -0.05) is 388 Å². The van der Waals surface area contributed by atoms with E-state index in [0.29, 0.717) is 38.5 Å². The first-order valence-electron chi connectivity index (χ1n) is 36.1. The molecule has 0 aliphatic heterocycles. The molecule has 464 valence electrons. The second-order valence-corrected chi connectivity index (χ2v) is 25.9. The maximum atomic E-state index is 13.7. The van der Waals surface area contributed by atoms with Crippen LogP contribution in [0.3, 0.4) is 0 Å². The zero-order valence-corrected chi connectivity index (χ0v) is 54.0. The van der Waals surface area contributed by atoms with Gasteiger partial charge in [0.2, 0.25) is 0 Å². The quantitative estimate of drug-likeness (QED) is 0.0456. The van der Waals surface area contributed by atoms with Crippen LogP contribution in [0, 0.1) is 0 Å². The van der Waals surface area contributed by atoms with E-state index in [1.54, 1.807) is 0 Å². The molecule has 0 saturated carbocycles. The van der Waals surface area contributed by atoms with Crippen LogP contribution in [0.1, 0.15) is 427 Å². The summed E-state index contributed by atoms with van der Waals surface area (Å²) in [5.41, 5.74) is -4.93. The van der Waals surface area contributed by atoms with Gasteiger partial charge in [-0.25, -0.2) is 0 Å². The standard InChI is InChI=1S/C72H146O5/c1-7-13-19-25-31-37-43-49-55-61-69(75,67-73)71(63-57-51-45-39-33-27-21-15-9-3,64-58-52-46-40-34-28-22-16-10-4)77-72(65-59-53-47-41-35-29-23-17-11-5,66-60-54-48-42-36-30-24-18-12-6)70(76,68-74)62-56-50-44-38-32-26-20-14-8-2/h73-76H,7-68H2,1-6H3. The zero-order valence-electron chi connectivity index (χ0n) is 54.0. The molecule has 2 atom stereocenters. The third-order valence-corrected chi connectivity index (χ3v) is 18.7.